The Labute approximate surface area is 189 Å². The van der Waals surface area contributed by atoms with Crippen molar-refractivity contribution in [1.29, 1.82) is 0 Å². The van der Waals surface area contributed by atoms with Crippen LogP contribution >= 0.6 is 0 Å². The molecule has 170 valence electrons. The molecule has 0 bridgehead atoms. The summed E-state index contributed by atoms with van der Waals surface area (Å²) < 4.78 is 13.7. The van der Waals surface area contributed by atoms with E-state index in [0.29, 0.717) is 18.3 Å². The van der Waals surface area contributed by atoms with Crippen molar-refractivity contribution in [2.75, 3.05) is 39.5 Å². The van der Waals surface area contributed by atoms with Gasteiger partial charge in [-0.2, -0.15) is 0 Å². The van der Waals surface area contributed by atoms with Gasteiger partial charge in [0.05, 0.1) is 12.2 Å². The molecule has 1 aliphatic heterocycles. The topological polar surface area (TPSA) is 63.9 Å². The quantitative estimate of drug-likeness (QED) is 0.469. The number of carboxylic acids is 1. The molecule has 32 heavy (non-hydrogen) atoms. The SMILES string of the molecule is CCOCCn1cc(C2CCN(CCOc3ccc(C(=O)O)cc3)CC2)c2ccccc21. The maximum Gasteiger partial charge on any atom is 0.335 e. The zero-order valence-electron chi connectivity index (χ0n) is 18.7. The molecule has 1 N–H and O–H groups in total. The molecule has 0 spiro atoms. The third kappa shape index (κ3) is 5.31. The van der Waals surface area contributed by atoms with Crippen LogP contribution < -0.4 is 4.74 Å². The predicted octanol–water partition coefficient (Wildman–Crippen LogP) is 4.63. The minimum Gasteiger partial charge on any atom is -0.492 e. The number of hydrogen-bond acceptors (Lipinski definition) is 4. The van der Waals surface area contributed by atoms with E-state index in [1.54, 1.807) is 24.3 Å². The number of carbonyl (C=O) groups is 1. The highest BCUT2D eigenvalue weighted by molar-refractivity contribution is 5.87. The molecule has 2 heterocycles. The van der Waals surface area contributed by atoms with Gasteiger partial charge in [-0.1, -0.05) is 18.2 Å². The fourth-order valence-corrected chi connectivity index (χ4v) is 4.55. The van der Waals surface area contributed by atoms with Crippen LogP contribution in [0.15, 0.2) is 54.7 Å². The summed E-state index contributed by atoms with van der Waals surface area (Å²) in [5.41, 5.74) is 3.04. The predicted molar refractivity (Wildman–Crippen MR) is 126 cm³/mol. The number of rotatable bonds is 10. The van der Waals surface area contributed by atoms with Gasteiger partial charge in [-0.3, -0.25) is 4.90 Å². The van der Waals surface area contributed by atoms with Gasteiger partial charge in [0.15, 0.2) is 0 Å². The van der Waals surface area contributed by atoms with Crippen LogP contribution in [0.4, 0.5) is 0 Å². The van der Waals surface area contributed by atoms with Gasteiger partial charge in [0.2, 0.25) is 0 Å². The largest absolute Gasteiger partial charge is 0.492 e. The van der Waals surface area contributed by atoms with Crippen LogP contribution in [0.2, 0.25) is 0 Å². The molecule has 0 saturated carbocycles. The number of carboxylic acid groups (broad SMARTS) is 1. The smallest absolute Gasteiger partial charge is 0.335 e. The zero-order valence-corrected chi connectivity index (χ0v) is 18.7. The third-order valence-electron chi connectivity index (χ3n) is 6.30. The Balaban J connectivity index is 1.30. The van der Waals surface area contributed by atoms with Crippen molar-refractivity contribution < 1.29 is 19.4 Å². The second kappa shape index (κ2) is 10.7. The summed E-state index contributed by atoms with van der Waals surface area (Å²) in [6.45, 7) is 8.02. The molecule has 1 fully saturated rings. The van der Waals surface area contributed by atoms with Crippen LogP contribution in [0.3, 0.4) is 0 Å². The number of ether oxygens (including phenoxy) is 2. The number of piperidine rings is 1. The molecule has 3 aromatic rings. The van der Waals surface area contributed by atoms with Crippen molar-refractivity contribution in [3.63, 3.8) is 0 Å². The maximum atomic E-state index is 10.9. The third-order valence-corrected chi connectivity index (χ3v) is 6.30. The first kappa shape index (κ1) is 22.4. The number of benzene rings is 2. The average Bonchev–Trinajstić information content (AvgIpc) is 3.19. The summed E-state index contributed by atoms with van der Waals surface area (Å²) in [4.78, 5) is 13.4. The minimum absolute atomic E-state index is 0.277. The van der Waals surface area contributed by atoms with Crippen molar-refractivity contribution in [1.82, 2.24) is 9.47 Å². The molecule has 0 radical (unpaired) electrons. The first-order valence-electron chi connectivity index (χ1n) is 11.5. The summed E-state index contributed by atoms with van der Waals surface area (Å²) in [6.07, 6.45) is 4.63. The van der Waals surface area contributed by atoms with E-state index in [1.807, 2.05) is 6.92 Å². The summed E-state index contributed by atoms with van der Waals surface area (Å²) in [7, 11) is 0. The molecule has 0 unspecified atom stereocenters. The van der Waals surface area contributed by atoms with Gasteiger partial charge >= 0.3 is 5.97 Å². The molecule has 6 nitrogen and oxygen atoms in total. The fourth-order valence-electron chi connectivity index (χ4n) is 4.55. The second-order valence-electron chi connectivity index (χ2n) is 8.29. The molecule has 2 aromatic carbocycles. The van der Waals surface area contributed by atoms with Crippen LogP contribution in [-0.2, 0) is 11.3 Å². The van der Waals surface area contributed by atoms with E-state index >= 15 is 0 Å². The molecular formula is C26H32N2O4. The van der Waals surface area contributed by atoms with Gasteiger partial charge < -0.3 is 19.1 Å². The van der Waals surface area contributed by atoms with Crippen LogP contribution in [0.1, 0.15) is 41.6 Å². The summed E-state index contributed by atoms with van der Waals surface area (Å²) >= 11 is 0. The molecule has 0 aliphatic carbocycles. The van der Waals surface area contributed by atoms with Crippen molar-refractivity contribution >= 4 is 16.9 Å². The summed E-state index contributed by atoms with van der Waals surface area (Å²) in [5.74, 6) is 0.371. The second-order valence-corrected chi connectivity index (χ2v) is 8.29. The molecule has 0 atom stereocenters. The Kier molecular flexibility index (Phi) is 7.45. The van der Waals surface area contributed by atoms with E-state index in [-0.39, 0.29) is 5.56 Å². The lowest BCUT2D eigenvalue weighted by Crippen LogP contribution is -2.35. The summed E-state index contributed by atoms with van der Waals surface area (Å²) in [5, 5.41) is 10.4. The zero-order chi connectivity index (χ0) is 22.3. The molecule has 4 rings (SSSR count). The van der Waals surface area contributed by atoms with E-state index in [4.69, 9.17) is 14.6 Å². The van der Waals surface area contributed by atoms with Gasteiger partial charge in [0, 0.05) is 36.8 Å². The standard InChI is InChI=1S/C26H32N2O4/c1-2-31-17-16-28-19-24(23-5-3-4-6-25(23)28)20-11-13-27(14-12-20)15-18-32-22-9-7-21(8-10-22)26(29)30/h3-10,19-20H,2,11-18H2,1H3,(H,29,30). The van der Waals surface area contributed by atoms with Crippen LogP contribution in [0, 0.1) is 0 Å². The number of para-hydroxylation sites is 1. The van der Waals surface area contributed by atoms with Gasteiger partial charge in [0.1, 0.15) is 12.4 Å². The lowest BCUT2D eigenvalue weighted by Gasteiger charge is -2.31. The first-order valence-corrected chi connectivity index (χ1v) is 11.5. The summed E-state index contributed by atoms with van der Waals surface area (Å²) in [6, 6.07) is 15.3. The van der Waals surface area contributed by atoms with Gasteiger partial charge in [-0.25, -0.2) is 4.79 Å². The number of nitrogens with zero attached hydrogens (tertiary/aromatic N) is 2. The van der Waals surface area contributed by atoms with E-state index in [9.17, 15) is 4.79 Å². The van der Waals surface area contributed by atoms with Crippen molar-refractivity contribution in [2.45, 2.75) is 32.2 Å². The highest BCUT2D eigenvalue weighted by Crippen LogP contribution is 2.34. The van der Waals surface area contributed by atoms with Crippen molar-refractivity contribution in [3.05, 3.63) is 65.9 Å². The van der Waals surface area contributed by atoms with Gasteiger partial charge in [-0.05, 0) is 74.7 Å². The van der Waals surface area contributed by atoms with E-state index < -0.39 is 5.97 Å². The normalized spacial score (nSPS) is 15.3. The van der Waals surface area contributed by atoms with E-state index in [2.05, 4.69) is 39.9 Å². The Bertz CT molecular complexity index is 1020. The van der Waals surface area contributed by atoms with Gasteiger partial charge in [0.25, 0.3) is 0 Å². The van der Waals surface area contributed by atoms with Crippen molar-refractivity contribution in [2.24, 2.45) is 0 Å². The number of fused-ring (bicyclic) bond motifs is 1. The first-order chi connectivity index (χ1) is 15.7. The van der Waals surface area contributed by atoms with Gasteiger partial charge in [-0.15, -0.1) is 0 Å². The number of likely N-dealkylation sites (tertiary alicyclic amines) is 1. The van der Waals surface area contributed by atoms with E-state index in [1.165, 1.54) is 16.5 Å². The highest BCUT2D eigenvalue weighted by atomic mass is 16.5. The molecule has 1 saturated heterocycles. The van der Waals surface area contributed by atoms with E-state index in [0.717, 1.165) is 52.2 Å². The van der Waals surface area contributed by atoms with Crippen LogP contribution in [-0.4, -0.2) is 60.0 Å². The molecule has 1 aromatic heterocycles. The molecule has 6 heteroatoms. The lowest BCUT2D eigenvalue weighted by molar-refractivity contribution is 0.0697. The Morgan fingerprint density at radius 1 is 1.03 bits per heavy atom. The number of aromatic carboxylic acids is 1. The minimum atomic E-state index is -0.920. The Hall–Kier alpha value is -2.83. The van der Waals surface area contributed by atoms with Crippen LogP contribution in [0.5, 0.6) is 5.75 Å². The van der Waals surface area contributed by atoms with Crippen LogP contribution in [0.25, 0.3) is 10.9 Å². The maximum absolute atomic E-state index is 10.9. The molecular weight excluding hydrogens is 404 g/mol. The molecule has 1 aliphatic rings. The number of aromatic nitrogens is 1. The monoisotopic (exact) mass is 436 g/mol. The lowest BCUT2D eigenvalue weighted by atomic mass is 9.89. The fraction of sp³-hybridized carbons (Fsp3) is 0.423. The Morgan fingerprint density at radius 3 is 2.50 bits per heavy atom. The Morgan fingerprint density at radius 2 is 1.78 bits per heavy atom. The van der Waals surface area contributed by atoms with Crippen molar-refractivity contribution in [3.8, 4) is 5.75 Å². The molecule has 0 amide bonds. The highest BCUT2D eigenvalue weighted by Gasteiger charge is 2.23. The average molecular weight is 437 g/mol. The number of hydrogen-bond donors (Lipinski definition) is 1.